The molecule has 0 unspecified atom stereocenters. The summed E-state index contributed by atoms with van der Waals surface area (Å²) >= 11 is 0. The predicted molar refractivity (Wildman–Crippen MR) is 205 cm³/mol. The van der Waals surface area contributed by atoms with Gasteiger partial charge in [0.25, 0.3) is 0 Å². The molecule has 0 N–H and O–H groups in total. The van der Waals surface area contributed by atoms with Crippen LogP contribution >= 0.6 is 0 Å². The van der Waals surface area contributed by atoms with E-state index in [2.05, 4.69) is 173 Å². The molecule has 0 heterocycles. The minimum absolute atomic E-state index is 0.0998. The molecule has 0 bridgehead atoms. The zero-order valence-electron chi connectivity index (χ0n) is 27.9. The summed E-state index contributed by atoms with van der Waals surface area (Å²) in [4.78, 5) is 0. The molecular formula is C48H36. The van der Waals surface area contributed by atoms with Crippen LogP contribution in [0, 0.1) is 0 Å². The minimum atomic E-state index is -0.115. The van der Waals surface area contributed by atoms with E-state index < -0.39 is 0 Å². The minimum Gasteiger partial charge on any atom is -0.0616 e. The van der Waals surface area contributed by atoms with Crippen LogP contribution in [0.5, 0.6) is 0 Å². The first kappa shape index (κ1) is 27.6. The van der Waals surface area contributed by atoms with Crippen LogP contribution < -0.4 is 0 Å². The zero-order valence-corrected chi connectivity index (χ0v) is 27.9. The van der Waals surface area contributed by atoms with Gasteiger partial charge in [-0.25, -0.2) is 0 Å². The van der Waals surface area contributed by atoms with Crippen molar-refractivity contribution < 1.29 is 0 Å². The SMILES string of the molecule is CC1(C)c2cc(-c3cccc4ccccc34)ccc2-c2cc3c(cc21)-c1ccc2cc(-c4cccc5ccccc45)ccc2c1C3(C)C. The van der Waals surface area contributed by atoms with E-state index >= 15 is 0 Å². The lowest BCUT2D eigenvalue weighted by atomic mass is 9.78. The Morgan fingerprint density at radius 3 is 1.52 bits per heavy atom. The van der Waals surface area contributed by atoms with Crippen molar-refractivity contribution in [1.82, 2.24) is 0 Å². The highest BCUT2D eigenvalue weighted by molar-refractivity contribution is 6.03. The summed E-state index contributed by atoms with van der Waals surface area (Å²) in [5.74, 6) is 0. The highest BCUT2D eigenvalue weighted by atomic mass is 14.4. The van der Waals surface area contributed by atoms with Crippen LogP contribution in [0.3, 0.4) is 0 Å². The van der Waals surface area contributed by atoms with Crippen LogP contribution in [0.1, 0.15) is 49.9 Å². The van der Waals surface area contributed by atoms with Gasteiger partial charge in [0.1, 0.15) is 0 Å². The van der Waals surface area contributed by atoms with Gasteiger partial charge in [-0.3, -0.25) is 0 Å². The highest BCUT2D eigenvalue weighted by Gasteiger charge is 2.42. The van der Waals surface area contributed by atoms with Crippen molar-refractivity contribution in [1.29, 1.82) is 0 Å². The molecule has 0 saturated carbocycles. The summed E-state index contributed by atoms with van der Waals surface area (Å²) < 4.78 is 0. The predicted octanol–water partition coefficient (Wildman–Crippen LogP) is 13.1. The summed E-state index contributed by atoms with van der Waals surface area (Å²) in [6.07, 6.45) is 0. The van der Waals surface area contributed by atoms with Gasteiger partial charge >= 0.3 is 0 Å². The van der Waals surface area contributed by atoms with Gasteiger partial charge in [-0.2, -0.15) is 0 Å². The smallest absolute Gasteiger partial charge is 0.0165 e. The van der Waals surface area contributed by atoms with Crippen molar-refractivity contribution in [3.63, 3.8) is 0 Å². The molecule has 0 heteroatoms. The molecule has 0 fully saturated rings. The second-order valence-corrected chi connectivity index (χ2v) is 14.9. The molecule has 0 atom stereocenters. The summed E-state index contributed by atoms with van der Waals surface area (Å²) in [7, 11) is 0. The Labute approximate surface area is 282 Å². The maximum atomic E-state index is 2.53. The third-order valence-electron chi connectivity index (χ3n) is 11.6. The van der Waals surface area contributed by atoms with E-state index in [1.165, 1.54) is 99.1 Å². The van der Waals surface area contributed by atoms with Crippen molar-refractivity contribution in [2.45, 2.75) is 38.5 Å². The van der Waals surface area contributed by atoms with Gasteiger partial charge in [0.15, 0.2) is 0 Å². The van der Waals surface area contributed by atoms with Gasteiger partial charge in [-0.15, -0.1) is 0 Å². The number of fused-ring (bicyclic) bond motifs is 10. The maximum absolute atomic E-state index is 2.53. The second kappa shape index (κ2) is 9.55. The molecule has 0 amide bonds. The Morgan fingerprint density at radius 1 is 0.312 bits per heavy atom. The van der Waals surface area contributed by atoms with Crippen molar-refractivity contribution in [3.05, 3.63) is 168 Å². The lowest BCUT2D eigenvalue weighted by Gasteiger charge is -2.25. The summed E-state index contributed by atoms with van der Waals surface area (Å²) in [6.45, 7) is 9.67. The van der Waals surface area contributed by atoms with E-state index in [-0.39, 0.29) is 10.8 Å². The largest absolute Gasteiger partial charge is 0.0616 e. The molecule has 2 aliphatic rings. The van der Waals surface area contributed by atoms with Crippen LogP contribution in [-0.4, -0.2) is 0 Å². The summed E-state index contributed by atoms with van der Waals surface area (Å²) in [5.41, 5.74) is 16.2. The van der Waals surface area contributed by atoms with Gasteiger partial charge in [0, 0.05) is 10.8 Å². The monoisotopic (exact) mass is 612 g/mol. The first-order valence-corrected chi connectivity index (χ1v) is 17.2. The van der Waals surface area contributed by atoms with Crippen LogP contribution in [-0.2, 0) is 10.8 Å². The van der Waals surface area contributed by atoms with E-state index in [1.807, 2.05) is 0 Å². The molecule has 228 valence electrons. The van der Waals surface area contributed by atoms with Gasteiger partial charge in [0.05, 0.1) is 0 Å². The average molecular weight is 613 g/mol. The quantitative estimate of drug-likeness (QED) is 0.182. The molecule has 2 aliphatic carbocycles. The Balaban J connectivity index is 1.10. The van der Waals surface area contributed by atoms with Gasteiger partial charge in [-0.1, -0.05) is 149 Å². The van der Waals surface area contributed by atoms with Crippen molar-refractivity contribution in [3.8, 4) is 44.5 Å². The van der Waals surface area contributed by atoms with Gasteiger partial charge in [-0.05, 0) is 123 Å². The van der Waals surface area contributed by atoms with Crippen LogP contribution in [0.2, 0.25) is 0 Å². The fourth-order valence-corrected chi connectivity index (χ4v) is 9.17. The van der Waals surface area contributed by atoms with E-state index in [4.69, 9.17) is 0 Å². The topological polar surface area (TPSA) is 0 Å². The number of hydrogen-bond acceptors (Lipinski definition) is 0. The third kappa shape index (κ3) is 3.66. The van der Waals surface area contributed by atoms with Crippen molar-refractivity contribution >= 4 is 32.3 Å². The molecule has 0 spiro atoms. The average Bonchev–Trinajstić information content (AvgIpc) is 3.48. The zero-order chi connectivity index (χ0) is 32.4. The van der Waals surface area contributed by atoms with Crippen molar-refractivity contribution in [2.75, 3.05) is 0 Å². The normalized spacial score (nSPS) is 15.0. The molecular weight excluding hydrogens is 577 g/mol. The Kier molecular flexibility index (Phi) is 5.50. The molecule has 8 aromatic carbocycles. The summed E-state index contributed by atoms with van der Waals surface area (Å²) in [6, 6.07) is 54.8. The molecule has 10 rings (SSSR count). The molecule has 0 nitrogen and oxygen atoms in total. The Morgan fingerprint density at radius 2 is 0.833 bits per heavy atom. The summed E-state index contributed by atoms with van der Waals surface area (Å²) in [5, 5.41) is 7.84. The van der Waals surface area contributed by atoms with Crippen molar-refractivity contribution in [2.24, 2.45) is 0 Å². The second-order valence-electron chi connectivity index (χ2n) is 14.9. The van der Waals surface area contributed by atoms with Crippen LogP contribution in [0.4, 0.5) is 0 Å². The van der Waals surface area contributed by atoms with Gasteiger partial charge < -0.3 is 0 Å². The Hall–Kier alpha value is -5.46. The standard InChI is InChI=1S/C48H36/c1-47(2)43-26-33(37-18-10-14-30-12-6-8-16-35(30)37)20-23-39(43)41-27-45-42(28-44(41)47)40-24-21-32-25-31(19-22-38(32)46(40)48(45,3)4)36-17-9-13-29-11-5-7-15-34(29)36/h5-28H,1-4H3. The number of benzene rings is 8. The molecule has 0 aromatic heterocycles. The van der Waals surface area contributed by atoms with Crippen LogP contribution in [0.25, 0.3) is 76.8 Å². The third-order valence-corrected chi connectivity index (χ3v) is 11.6. The lowest BCUT2D eigenvalue weighted by Crippen LogP contribution is -2.17. The van der Waals surface area contributed by atoms with E-state index in [1.54, 1.807) is 0 Å². The molecule has 0 saturated heterocycles. The fourth-order valence-electron chi connectivity index (χ4n) is 9.17. The Bertz CT molecular complexity index is 2650. The maximum Gasteiger partial charge on any atom is 0.0165 e. The van der Waals surface area contributed by atoms with E-state index in [9.17, 15) is 0 Å². The molecule has 8 aromatic rings. The fraction of sp³-hybridized carbons (Fsp3) is 0.125. The molecule has 0 radical (unpaired) electrons. The lowest BCUT2D eigenvalue weighted by molar-refractivity contribution is 0.654. The first-order valence-electron chi connectivity index (χ1n) is 17.2. The number of rotatable bonds is 2. The number of hydrogen-bond donors (Lipinski definition) is 0. The first-order chi connectivity index (χ1) is 23.3. The highest BCUT2D eigenvalue weighted by Crippen LogP contribution is 2.57. The molecule has 48 heavy (non-hydrogen) atoms. The van der Waals surface area contributed by atoms with E-state index in [0.29, 0.717) is 0 Å². The van der Waals surface area contributed by atoms with Gasteiger partial charge in [0.2, 0.25) is 0 Å². The van der Waals surface area contributed by atoms with E-state index in [0.717, 1.165) is 0 Å². The molecule has 0 aliphatic heterocycles. The van der Waals surface area contributed by atoms with Crippen LogP contribution in [0.15, 0.2) is 146 Å².